The summed E-state index contributed by atoms with van der Waals surface area (Å²) < 4.78 is 0.953. The van der Waals surface area contributed by atoms with Gasteiger partial charge in [0.2, 0.25) is 5.91 Å². The van der Waals surface area contributed by atoms with Crippen molar-refractivity contribution in [1.29, 1.82) is 0 Å². The van der Waals surface area contributed by atoms with Gasteiger partial charge in [0.25, 0.3) is 5.91 Å². The fourth-order valence-electron chi connectivity index (χ4n) is 1.90. The van der Waals surface area contributed by atoms with Gasteiger partial charge in [0, 0.05) is 22.6 Å². The maximum Gasteiger partial charge on any atom is 0.273 e. The van der Waals surface area contributed by atoms with Crippen molar-refractivity contribution in [3.05, 3.63) is 44.3 Å². The van der Waals surface area contributed by atoms with E-state index < -0.39 is 0 Å². The van der Waals surface area contributed by atoms with Gasteiger partial charge in [0.15, 0.2) is 0 Å². The van der Waals surface area contributed by atoms with Crippen molar-refractivity contribution in [3.8, 4) is 0 Å². The van der Waals surface area contributed by atoms with Crippen LogP contribution in [-0.4, -0.2) is 35.3 Å². The molecule has 0 radical (unpaired) electrons. The zero-order chi connectivity index (χ0) is 16.3. The second-order valence-electron chi connectivity index (χ2n) is 4.92. The van der Waals surface area contributed by atoms with Crippen LogP contribution in [0, 0.1) is 13.8 Å². The summed E-state index contributed by atoms with van der Waals surface area (Å²) in [5.41, 5.74) is 2.06. The van der Waals surface area contributed by atoms with Crippen molar-refractivity contribution >= 4 is 44.8 Å². The first-order valence-corrected chi connectivity index (χ1v) is 8.27. The van der Waals surface area contributed by atoms with Crippen molar-refractivity contribution in [1.82, 2.24) is 9.88 Å². The Balaban J connectivity index is 1.98. The van der Waals surface area contributed by atoms with Crippen LogP contribution in [0.1, 0.15) is 21.1 Å². The highest BCUT2D eigenvalue weighted by molar-refractivity contribution is 9.10. The minimum atomic E-state index is -0.257. The standard InChI is InChI=1S/C15H16BrN3O2S/c1-9-6-11(16)4-5-12(9)18-14(20)7-19(3)15(21)13-8-22-10(2)17-13/h4-6,8H,7H2,1-3H3,(H,18,20). The molecule has 0 saturated heterocycles. The first kappa shape index (κ1) is 16.6. The summed E-state index contributed by atoms with van der Waals surface area (Å²) in [5.74, 6) is -0.500. The number of carbonyl (C=O) groups excluding carboxylic acids is 2. The molecule has 0 bridgehead atoms. The summed E-state index contributed by atoms with van der Waals surface area (Å²) in [6.45, 7) is 3.72. The van der Waals surface area contributed by atoms with E-state index in [0.717, 1.165) is 20.7 Å². The van der Waals surface area contributed by atoms with Crippen LogP contribution in [0.15, 0.2) is 28.1 Å². The normalized spacial score (nSPS) is 10.4. The maximum atomic E-state index is 12.1. The van der Waals surface area contributed by atoms with Gasteiger partial charge >= 0.3 is 0 Å². The van der Waals surface area contributed by atoms with Crippen LogP contribution in [0.5, 0.6) is 0 Å². The molecule has 0 aliphatic heterocycles. The predicted molar refractivity (Wildman–Crippen MR) is 91.3 cm³/mol. The Morgan fingerprint density at radius 1 is 1.36 bits per heavy atom. The summed E-state index contributed by atoms with van der Waals surface area (Å²) in [6, 6.07) is 5.60. The smallest absolute Gasteiger partial charge is 0.273 e. The summed E-state index contributed by atoms with van der Waals surface area (Å²) in [4.78, 5) is 29.7. The number of benzene rings is 1. The van der Waals surface area contributed by atoms with Gasteiger partial charge in [-0.15, -0.1) is 11.3 Å². The fraction of sp³-hybridized carbons (Fsp3) is 0.267. The van der Waals surface area contributed by atoms with E-state index in [-0.39, 0.29) is 18.4 Å². The molecule has 0 aliphatic rings. The number of aromatic nitrogens is 1. The van der Waals surface area contributed by atoms with E-state index in [0.29, 0.717) is 5.69 Å². The molecule has 0 atom stereocenters. The van der Waals surface area contributed by atoms with Crippen molar-refractivity contribution < 1.29 is 9.59 Å². The molecule has 5 nitrogen and oxygen atoms in total. The van der Waals surface area contributed by atoms with Gasteiger partial charge in [-0.05, 0) is 37.6 Å². The SMILES string of the molecule is Cc1nc(C(=O)N(C)CC(=O)Nc2ccc(Br)cc2C)cs1. The molecule has 0 spiro atoms. The number of rotatable bonds is 4. The minimum Gasteiger partial charge on any atom is -0.331 e. The van der Waals surface area contributed by atoms with Crippen LogP contribution in [0.3, 0.4) is 0 Å². The number of carbonyl (C=O) groups is 2. The van der Waals surface area contributed by atoms with Crippen molar-refractivity contribution in [2.75, 3.05) is 18.9 Å². The van der Waals surface area contributed by atoms with Gasteiger partial charge in [-0.2, -0.15) is 0 Å². The summed E-state index contributed by atoms with van der Waals surface area (Å²) in [5, 5.41) is 5.33. The van der Waals surface area contributed by atoms with Crippen LogP contribution in [0.2, 0.25) is 0 Å². The van der Waals surface area contributed by atoms with Gasteiger partial charge in [0.05, 0.1) is 11.6 Å². The van der Waals surface area contributed by atoms with E-state index in [1.54, 1.807) is 12.4 Å². The van der Waals surface area contributed by atoms with Crippen LogP contribution >= 0.6 is 27.3 Å². The van der Waals surface area contributed by atoms with Crippen LogP contribution < -0.4 is 5.32 Å². The highest BCUT2D eigenvalue weighted by atomic mass is 79.9. The van der Waals surface area contributed by atoms with Crippen LogP contribution in [-0.2, 0) is 4.79 Å². The average Bonchev–Trinajstić information content (AvgIpc) is 2.87. The second kappa shape index (κ2) is 7.02. The molecule has 2 aromatic rings. The zero-order valence-electron chi connectivity index (χ0n) is 12.5. The van der Waals surface area contributed by atoms with Crippen LogP contribution in [0.25, 0.3) is 0 Å². The van der Waals surface area contributed by atoms with Gasteiger partial charge in [-0.3, -0.25) is 9.59 Å². The number of likely N-dealkylation sites (N-methyl/N-ethyl adjacent to an activating group) is 1. The number of hydrogen-bond acceptors (Lipinski definition) is 4. The first-order chi connectivity index (χ1) is 10.4. The van der Waals surface area contributed by atoms with Crippen molar-refractivity contribution in [3.63, 3.8) is 0 Å². The minimum absolute atomic E-state index is 0.0229. The molecule has 1 heterocycles. The van der Waals surface area contributed by atoms with Crippen molar-refractivity contribution in [2.24, 2.45) is 0 Å². The first-order valence-electron chi connectivity index (χ1n) is 6.60. The molecule has 0 unspecified atom stereocenters. The number of anilines is 1. The fourth-order valence-corrected chi connectivity index (χ4v) is 2.96. The number of nitrogens with zero attached hydrogens (tertiary/aromatic N) is 2. The molecule has 0 saturated carbocycles. The Morgan fingerprint density at radius 3 is 2.68 bits per heavy atom. The lowest BCUT2D eigenvalue weighted by molar-refractivity contribution is -0.116. The molecular weight excluding hydrogens is 366 g/mol. The molecule has 1 aromatic heterocycles. The Kier molecular flexibility index (Phi) is 5.31. The van der Waals surface area contributed by atoms with Gasteiger partial charge in [-0.25, -0.2) is 4.98 Å². The molecule has 116 valence electrons. The summed E-state index contributed by atoms with van der Waals surface area (Å²) in [7, 11) is 1.59. The molecule has 2 rings (SSSR count). The van der Waals surface area contributed by atoms with E-state index in [1.807, 2.05) is 32.0 Å². The zero-order valence-corrected chi connectivity index (χ0v) is 14.9. The lowest BCUT2D eigenvalue weighted by Gasteiger charge is -2.16. The number of nitrogens with one attached hydrogen (secondary N) is 1. The van der Waals surface area contributed by atoms with E-state index in [4.69, 9.17) is 0 Å². The van der Waals surface area contributed by atoms with E-state index >= 15 is 0 Å². The number of thiazole rings is 1. The molecule has 1 aromatic carbocycles. The Bertz CT molecular complexity index is 715. The number of hydrogen-bond donors (Lipinski definition) is 1. The molecule has 1 N–H and O–H groups in total. The average molecular weight is 382 g/mol. The van der Waals surface area contributed by atoms with E-state index in [2.05, 4.69) is 26.2 Å². The molecule has 2 amide bonds. The van der Waals surface area contributed by atoms with Crippen molar-refractivity contribution in [2.45, 2.75) is 13.8 Å². The Morgan fingerprint density at radius 2 is 2.09 bits per heavy atom. The highest BCUT2D eigenvalue weighted by Crippen LogP contribution is 2.20. The van der Waals surface area contributed by atoms with Gasteiger partial charge < -0.3 is 10.2 Å². The lowest BCUT2D eigenvalue weighted by atomic mass is 10.2. The van der Waals surface area contributed by atoms with E-state index in [1.165, 1.54) is 16.2 Å². The van der Waals surface area contributed by atoms with Crippen LogP contribution in [0.4, 0.5) is 5.69 Å². The largest absolute Gasteiger partial charge is 0.331 e. The maximum absolute atomic E-state index is 12.1. The molecular formula is C15H16BrN3O2S. The Hall–Kier alpha value is -1.73. The third-order valence-electron chi connectivity index (χ3n) is 3.03. The predicted octanol–water partition coefficient (Wildman–Crippen LogP) is 3.23. The monoisotopic (exact) mass is 381 g/mol. The molecule has 22 heavy (non-hydrogen) atoms. The number of halogens is 1. The van der Waals surface area contributed by atoms with E-state index in [9.17, 15) is 9.59 Å². The third kappa shape index (κ3) is 4.14. The lowest BCUT2D eigenvalue weighted by Crippen LogP contribution is -2.35. The number of aryl methyl sites for hydroxylation is 2. The second-order valence-corrected chi connectivity index (χ2v) is 6.90. The highest BCUT2D eigenvalue weighted by Gasteiger charge is 2.17. The Labute approximate surface area is 141 Å². The topological polar surface area (TPSA) is 62.3 Å². The molecule has 7 heteroatoms. The summed E-state index contributed by atoms with van der Waals surface area (Å²) in [6.07, 6.45) is 0. The third-order valence-corrected chi connectivity index (χ3v) is 4.29. The quantitative estimate of drug-likeness (QED) is 0.883. The number of amides is 2. The molecule has 0 aliphatic carbocycles. The summed E-state index contributed by atoms with van der Waals surface area (Å²) >= 11 is 4.79. The molecule has 0 fully saturated rings. The van der Waals surface area contributed by atoms with Gasteiger partial charge in [-0.1, -0.05) is 15.9 Å². The van der Waals surface area contributed by atoms with Gasteiger partial charge in [0.1, 0.15) is 5.69 Å².